The highest BCUT2D eigenvalue weighted by molar-refractivity contribution is 7.84. The van der Waals surface area contributed by atoms with Crippen molar-refractivity contribution in [2.24, 2.45) is 5.14 Å². The molecule has 0 fully saturated rings. The molecule has 0 rings (SSSR count). The Labute approximate surface area is 40.3 Å². The summed E-state index contributed by atoms with van der Waals surface area (Å²) in [5.74, 6) is 0. The van der Waals surface area contributed by atoms with Crippen LogP contribution in [0.2, 0.25) is 0 Å². The number of alkyl halides is 1. The van der Waals surface area contributed by atoms with Gasteiger partial charge in [0, 0.05) is 0 Å². The lowest BCUT2D eigenvalue weighted by Gasteiger charge is -1.88. The van der Waals surface area contributed by atoms with Crippen LogP contribution in [0, 0.1) is 0 Å². The van der Waals surface area contributed by atoms with Crippen molar-refractivity contribution < 1.29 is 17.0 Å². The normalized spacial score (nSPS) is 11.7. The van der Waals surface area contributed by atoms with Gasteiger partial charge in [-0.25, -0.2) is 13.7 Å². The molecule has 0 heterocycles. The van der Waals surface area contributed by atoms with E-state index in [2.05, 4.69) is 9.32 Å². The minimum Gasteiger partial charge on any atom is -0.224 e. The second-order valence-electron chi connectivity index (χ2n) is 0.720. The summed E-state index contributed by atoms with van der Waals surface area (Å²) in [5, 5.41) is 4.16. The minimum atomic E-state index is -4.05. The Kier molecular flexibility index (Phi) is 2.13. The number of hydrogen-bond donors (Lipinski definition) is 1. The van der Waals surface area contributed by atoms with E-state index in [0.29, 0.717) is 0 Å². The molecule has 2 N–H and O–H groups in total. The highest BCUT2D eigenvalue weighted by Gasteiger charge is 1.97. The number of hydrogen-bond acceptors (Lipinski definition) is 3. The number of halogens is 1. The smallest absolute Gasteiger partial charge is 0.224 e. The second-order valence-corrected chi connectivity index (χ2v) is 1.94. The van der Waals surface area contributed by atoms with Crippen LogP contribution in [0.1, 0.15) is 0 Å². The van der Waals surface area contributed by atoms with Gasteiger partial charge in [0.1, 0.15) is 0 Å². The largest absolute Gasteiger partial charge is 0.335 e. The van der Waals surface area contributed by atoms with Gasteiger partial charge in [-0.1, -0.05) is 0 Å². The Morgan fingerprint density at radius 3 is 2.14 bits per heavy atom. The molecule has 0 bridgehead atoms. The topological polar surface area (TPSA) is 69.4 Å². The van der Waals surface area contributed by atoms with Crippen LogP contribution in [-0.4, -0.2) is 15.3 Å². The molecule has 7 heavy (non-hydrogen) atoms. The third-order valence-corrected chi connectivity index (χ3v) is 0.626. The Hall–Kier alpha value is -0.200. The molecular formula is CH4FNO3S. The van der Waals surface area contributed by atoms with Gasteiger partial charge >= 0.3 is 10.3 Å². The molecule has 44 valence electrons. The van der Waals surface area contributed by atoms with Crippen LogP contribution < -0.4 is 5.14 Å². The van der Waals surface area contributed by atoms with E-state index in [0.717, 1.165) is 0 Å². The molecule has 0 aromatic carbocycles. The van der Waals surface area contributed by atoms with Crippen molar-refractivity contribution in [3.63, 3.8) is 0 Å². The van der Waals surface area contributed by atoms with E-state index >= 15 is 0 Å². The summed E-state index contributed by atoms with van der Waals surface area (Å²) in [6.07, 6.45) is 0. The van der Waals surface area contributed by atoms with Crippen LogP contribution in [0.15, 0.2) is 0 Å². The standard InChI is InChI=1S/CH4FNO3S/c2-1-6-7(3,4)5/h1H2,(H2,3,4,5). The van der Waals surface area contributed by atoms with Gasteiger partial charge in [-0.3, -0.25) is 0 Å². The van der Waals surface area contributed by atoms with Crippen LogP contribution in [0.25, 0.3) is 0 Å². The van der Waals surface area contributed by atoms with E-state index in [1.807, 2.05) is 0 Å². The molecule has 0 aromatic heterocycles. The maximum atomic E-state index is 10.8. The molecule has 0 aliphatic rings. The van der Waals surface area contributed by atoms with E-state index in [-0.39, 0.29) is 0 Å². The first-order valence-electron chi connectivity index (χ1n) is 1.29. The van der Waals surface area contributed by atoms with Gasteiger partial charge in [-0.2, -0.15) is 8.42 Å². The average molecular weight is 129 g/mol. The van der Waals surface area contributed by atoms with Crippen molar-refractivity contribution >= 4 is 10.3 Å². The molecule has 0 saturated heterocycles. The molecule has 0 aromatic rings. The summed E-state index contributed by atoms with van der Waals surface area (Å²) in [6, 6.07) is 0. The third kappa shape index (κ3) is 5.80. The van der Waals surface area contributed by atoms with Gasteiger partial charge in [0.25, 0.3) is 0 Å². The zero-order valence-electron chi connectivity index (χ0n) is 3.30. The van der Waals surface area contributed by atoms with Crippen molar-refractivity contribution in [2.45, 2.75) is 0 Å². The molecule has 0 spiro atoms. The summed E-state index contributed by atoms with van der Waals surface area (Å²) in [5.41, 5.74) is 0. The molecule has 6 heteroatoms. The lowest BCUT2D eigenvalue weighted by atomic mass is 11.6. The fourth-order valence-corrected chi connectivity index (χ4v) is 0.186. The van der Waals surface area contributed by atoms with E-state index < -0.39 is 17.2 Å². The van der Waals surface area contributed by atoms with Crippen molar-refractivity contribution in [3.05, 3.63) is 0 Å². The van der Waals surface area contributed by atoms with Gasteiger partial charge in [0.2, 0.25) is 6.86 Å². The first-order chi connectivity index (χ1) is 3.06. The molecule has 0 saturated carbocycles. The quantitative estimate of drug-likeness (QED) is 0.527. The maximum absolute atomic E-state index is 10.8. The SMILES string of the molecule is NS(=O)(=O)OCF. The van der Waals surface area contributed by atoms with Crippen LogP contribution in [0.3, 0.4) is 0 Å². The third-order valence-electron chi connectivity index (χ3n) is 0.209. The summed E-state index contributed by atoms with van der Waals surface area (Å²) < 4.78 is 33.2. The lowest BCUT2D eigenvalue weighted by Crippen LogP contribution is -2.14. The molecule has 0 aliphatic carbocycles. The van der Waals surface area contributed by atoms with Crippen molar-refractivity contribution in [1.82, 2.24) is 0 Å². The average Bonchev–Trinajstić information content (AvgIpc) is 1.30. The molecule has 0 amide bonds. The molecule has 0 radical (unpaired) electrons. The zero-order chi connectivity index (χ0) is 5.91. The Bertz CT molecular complexity index is 128. The molecule has 0 unspecified atom stereocenters. The van der Waals surface area contributed by atoms with Gasteiger partial charge in [-0.15, -0.1) is 0 Å². The zero-order valence-corrected chi connectivity index (χ0v) is 4.11. The molecule has 4 nitrogen and oxygen atoms in total. The Balaban J connectivity index is 3.60. The summed E-state index contributed by atoms with van der Waals surface area (Å²) in [7, 11) is -4.05. The molecule has 0 atom stereocenters. The van der Waals surface area contributed by atoms with Gasteiger partial charge < -0.3 is 0 Å². The van der Waals surface area contributed by atoms with Crippen molar-refractivity contribution in [1.29, 1.82) is 0 Å². The van der Waals surface area contributed by atoms with E-state index in [1.165, 1.54) is 0 Å². The highest BCUT2D eigenvalue weighted by Crippen LogP contribution is 1.78. The number of nitrogens with two attached hydrogens (primary N) is 1. The fourth-order valence-electron chi connectivity index (χ4n) is 0.0621. The fraction of sp³-hybridized carbons (Fsp3) is 1.00. The van der Waals surface area contributed by atoms with Crippen molar-refractivity contribution in [2.75, 3.05) is 6.86 Å². The van der Waals surface area contributed by atoms with E-state index in [9.17, 15) is 12.8 Å². The van der Waals surface area contributed by atoms with Crippen LogP contribution in [0.4, 0.5) is 4.39 Å². The Morgan fingerprint density at radius 1 is 1.71 bits per heavy atom. The monoisotopic (exact) mass is 129 g/mol. The van der Waals surface area contributed by atoms with Crippen LogP contribution in [0.5, 0.6) is 0 Å². The molecular weight excluding hydrogens is 125 g/mol. The Morgan fingerprint density at radius 2 is 2.14 bits per heavy atom. The van der Waals surface area contributed by atoms with Crippen LogP contribution >= 0.6 is 0 Å². The summed E-state index contributed by atoms with van der Waals surface area (Å²) >= 11 is 0. The van der Waals surface area contributed by atoms with Crippen LogP contribution in [-0.2, 0) is 14.5 Å². The maximum Gasteiger partial charge on any atom is 0.335 e. The predicted molar refractivity (Wildman–Crippen MR) is 20.2 cm³/mol. The second kappa shape index (κ2) is 2.20. The van der Waals surface area contributed by atoms with Gasteiger partial charge in [0.05, 0.1) is 0 Å². The molecule has 0 aliphatic heterocycles. The number of rotatable bonds is 2. The first kappa shape index (κ1) is 6.80. The van der Waals surface area contributed by atoms with Gasteiger partial charge in [0.15, 0.2) is 0 Å². The summed E-state index contributed by atoms with van der Waals surface area (Å²) in [6.45, 7) is -1.40. The first-order valence-corrected chi connectivity index (χ1v) is 2.76. The predicted octanol–water partition coefficient (Wildman–Crippen LogP) is -0.866. The van der Waals surface area contributed by atoms with Gasteiger partial charge in [-0.05, 0) is 0 Å². The lowest BCUT2D eigenvalue weighted by molar-refractivity contribution is 0.199. The van der Waals surface area contributed by atoms with E-state index in [1.54, 1.807) is 0 Å². The minimum absolute atomic E-state index is 1.40. The van der Waals surface area contributed by atoms with E-state index in [4.69, 9.17) is 0 Å². The highest BCUT2D eigenvalue weighted by atomic mass is 32.2. The van der Waals surface area contributed by atoms with Crippen molar-refractivity contribution in [3.8, 4) is 0 Å². The summed E-state index contributed by atoms with van der Waals surface area (Å²) in [4.78, 5) is 0.